The van der Waals surface area contributed by atoms with Crippen molar-refractivity contribution in [3.05, 3.63) is 48.0 Å². The summed E-state index contributed by atoms with van der Waals surface area (Å²) in [5.41, 5.74) is 0.592. The number of rotatable bonds is 7. The molecule has 0 aromatic heterocycles. The lowest BCUT2D eigenvalue weighted by Gasteiger charge is -2.26. The topological polar surface area (TPSA) is 44.8 Å². The Hall–Kier alpha value is -1.65. The summed E-state index contributed by atoms with van der Waals surface area (Å²) in [6, 6.07) is 9.71. The Morgan fingerprint density at radius 3 is 2.45 bits per heavy atom. The fourth-order valence-electron chi connectivity index (χ4n) is 1.53. The van der Waals surface area contributed by atoms with Gasteiger partial charge in [-0.25, -0.2) is 14.6 Å². The minimum absolute atomic E-state index is 0.232. The van der Waals surface area contributed by atoms with Crippen LogP contribution in [0, 0.1) is 0 Å². The van der Waals surface area contributed by atoms with E-state index in [9.17, 15) is 4.79 Å². The van der Waals surface area contributed by atoms with Crippen LogP contribution in [-0.4, -0.2) is 18.7 Å². The van der Waals surface area contributed by atoms with Crippen LogP contribution in [0.3, 0.4) is 0 Å². The van der Waals surface area contributed by atoms with Crippen LogP contribution in [0.5, 0.6) is 0 Å². The van der Waals surface area contributed by atoms with E-state index in [0.717, 1.165) is 5.56 Å². The third-order valence-electron chi connectivity index (χ3n) is 2.90. The van der Waals surface area contributed by atoms with Crippen LogP contribution >= 0.6 is 0 Å². The number of ether oxygens (including phenoxy) is 1. The Kier molecular flexibility index (Phi) is 5.92. The number of carbonyl (C=O) groups is 1. The zero-order valence-corrected chi connectivity index (χ0v) is 12.5. The molecule has 0 aliphatic carbocycles. The third kappa shape index (κ3) is 4.47. The van der Waals surface area contributed by atoms with Gasteiger partial charge in [0.2, 0.25) is 0 Å². The molecule has 0 fully saturated rings. The molecule has 1 atom stereocenters. The van der Waals surface area contributed by atoms with E-state index < -0.39 is 17.7 Å². The number of esters is 1. The molecule has 4 nitrogen and oxygen atoms in total. The maximum Gasteiger partial charge on any atom is 0.336 e. The molecule has 0 radical (unpaired) electrons. The molecular formula is C16H22O4. The highest BCUT2D eigenvalue weighted by Gasteiger charge is 2.25. The van der Waals surface area contributed by atoms with Gasteiger partial charge in [-0.2, -0.15) is 0 Å². The molecule has 1 rings (SSSR count). The zero-order chi connectivity index (χ0) is 15.2. The van der Waals surface area contributed by atoms with Crippen molar-refractivity contribution in [1.82, 2.24) is 0 Å². The first-order valence-electron chi connectivity index (χ1n) is 6.64. The smallest absolute Gasteiger partial charge is 0.336 e. The Bertz CT molecular complexity index is 451. The third-order valence-corrected chi connectivity index (χ3v) is 2.90. The Morgan fingerprint density at radius 1 is 1.30 bits per heavy atom. The van der Waals surface area contributed by atoms with Crippen molar-refractivity contribution >= 4 is 5.97 Å². The molecule has 0 spiro atoms. The molecule has 0 saturated heterocycles. The summed E-state index contributed by atoms with van der Waals surface area (Å²) in [5.74, 6) is -0.471. The molecule has 0 bridgehead atoms. The largest absolute Gasteiger partial charge is 0.463 e. The van der Waals surface area contributed by atoms with Gasteiger partial charge < -0.3 is 4.74 Å². The van der Waals surface area contributed by atoms with Crippen LogP contribution in [-0.2, 0) is 24.9 Å². The van der Waals surface area contributed by atoms with Gasteiger partial charge >= 0.3 is 5.97 Å². The normalized spacial score (nSPS) is 12.8. The van der Waals surface area contributed by atoms with Crippen molar-refractivity contribution in [2.75, 3.05) is 6.61 Å². The number of carbonyl (C=O) groups excluding carboxylic acids is 1. The molecule has 20 heavy (non-hydrogen) atoms. The van der Waals surface area contributed by atoms with Crippen molar-refractivity contribution in [1.29, 1.82) is 0 Å². The van der Waals surface area contributed by atoms with Crippen molar-refractivity contribution < 1.29 is 19.3 Å². The van der Waals surface area contributed by atoms with E-state index in [2.05, 4.69) is 6.58 Å². The van der Waals surface area contributed by atoms with E-state index >= 15 is 0 Å². The summed E-state index contributed by atoms with van der Waals surface area (Å²) < 4.78 is 4.87. The van der Waals surface area contributed by atoms with E-state index in [4.69, 9.17) is 14.5 Å². The lowest BCUT2D eigenvalue weighted by Crippen LogP contribution is -2.27. The van der Waals surface area contributed by atoms with Gasteiger partial charge in [-0.05, 0) is 33.3 Å². The standard InChI is InChI=1S/C16H22O4/c1-6-18-15(17)12(2)13(3)19-20-16(4,5)14-10-8-7-9-11-14/h7-11,13H,2,6H2,1,3-5H3. The molecule has 4 heteroatoms. The van der Waals surface area contributed by atoms with Crippen molar-refractivity contribution in [3.63, 3.8) is 0 Å². The quantitative estimate of drug-likeness (QED) is 0.332. The average molecular weight is 278 g/mol. The summed E-state index contributed by atoms with van der Waals surface area (Å²) in [5, 5.41) is 0. The summed E-state index contributed by atoms with van der Waals surface area (Å²) in [4.78, 5) is 22.3. The predicted octanol–water partition coefficient (Wildman–Crippen LogP) is 3.38. The molecule has 1 aromatic rings. The second-order valence-corrected chi connectivity index (χ2v) is 4.94. The summed E-state index contributed by atoms with van der Waals surface area (Å²) >= 11 is 0. The first kappa shape index (κ1) is 16.4. The van der Waals surface area contributed by atoms with Gasteiger partial charge in [0.05, 0.1) is 12.2 Å². The van der Waals surface area contributed by atoms with Crippen molar-refractivity contribution in [2.24, 2.45) is 0 Å². The van der Waals surface area contributed by atoms with Gasteiger partial charge in [0.25, 0.3) is 0 Å². The van der Waals surface area contributed by atoms with E-state index in [0.29, 0.717) is 6.61 Å². The second-order valence-electron chi connectivity index (χ2n) is 4.94. The fraction of sp³-hybridized carbons (Fsp3) is 0.438. The molecule has 1 unspecified atom stereocenters. The fourth-order valence-corrected chi connectivity index (χ4v) is 1.53. The molecule has 0 heterocycles. The second kappa shape index (κ2) is 7.22. The van der Waals surface area contributed by atoms with Gasteiger partial charge in [-0.15, -0.1) is 0 Å². The van der Waals surface area contributed by atoms with Gasteiger partial charge in [0.15, 0.2) is 0 Å². The Morgan fingerprint density at radius 2 is 1.90 bits per heavy atom. The summed E-state index contributed by atoms with van der Waals surface area (Å²) in [6.07, 6.45) is -0.572. The average Bonchev–Trinajstić information content (AvgIpc) is 2.45. The highest BCUT2D eigenvalue weighted by Crippen LogP contribution is 2.25. The van der Waals surface area contributed by atoms with Crippen LogP contribution in [0.2, 0.25) is 0 Å². The maximum atomic E-state index is 11.5. The van der Waals surface area contributed by atoms with Gasteiger partial charge in [-0.1, -0.05) is 36.9 Å². The lowest BCUT2D eigenvalue weighted by atomic mass is 9.99. The van der Waals surface area contributed by atoms with Crippen LogP contribution in [0.15, 0.2) is 42.5 Å². The lowest BCUT2D eigenvalue weighted by molar-refractivity contribution is -0.372. The van der Waals surface area contributed by atoms with Gasteiger partial charge in [0, 0.05) is 0 Å². The summed E-state index contributed by atoms with van der Waals surface area (Å²) in [7, 11) is 0. The minimum atomic E-state index is -0.621. The zero-order valence-electron chi connectivity index (χ0n) is 12.5. The SMILES string of the molecule is C=C(C(=O)OCC)C(C)OOC(C)(C)c1ccccc1. The van der Waals surface area contributed by atoms with E-state index in [1.54, 1.807) is 13.8 Å². The number of benzene rings is 1. The first-order valence-corrected chi connectivity index (χ1v) is 6.64. The molecule has 0 saturated carbocycles. The Balaban J connectivity index is 2.58. The van der Waals surface area contributed by atoms with Crippen molar-refractivity contribution in [2.45, 2.75) is 39.4 Å². The molecule has 1 aromatic carbocycles. The Labute approximate surface area is 120 Å². The highest BCUT2D eigenvalue weighted by molar-refractivity contribution is 5.88. The highest BCUT2D eigenvalue weighted by atomic mass is 17.2. The first-order chi connectivity index (χ1) is 9.38. The van der Waals surface area contributed by atoms with E-state index in [1.807, 2.05) is 44.2 Å². The van der Waals surface area contributed by atoms with Crippen molar-refractivity contribution in [3.8, 4) is 0 Å². The number of hydrogen-bond donors (Lipinski definition) is 0. The molecule has 0 aliphatic heterocycles. The molecule has 0 N–H and O–H groups in total. The summed E-state index contributed by atoms with van der Waals surface area (Å²) in [6.45, 7) is 11.2. The van der Waals surface area contributed by atoms with Gasteiger partial charge in [0.1, 0.15) is 11.7 Å². The molecular weight excluding hydrogens is 256 g/mol. The molecule has 0 aliphatic rings. The van der Waals surface area contributed by atoms with E-state index in [1.165, 1.54) is 0 Å². The minimum Gasteiger partial charge on any atom is -0.463 e. The predicted molar refractivity (Wildman–Crippen MR) is 76.9 cm³/mol. The van der Waals surface area contributed by atoms with E-state index in [-0.39, 0.29) is 5.57 Å². The van der Waals surface area contributed by atoms with Crippen LogP contribution < -0.4 is 0 Å². The number of hydrogen-bond acceptors (Lipinski definition) is 4. The van der Waals surface area contributed by atoms with Crippen LogP contribution in [0.25, 0.3) is 0 Å². The monoisotopic (exact) mass is 278 g/mol. The van der Waals surface area contributed by atoms with Crippen LogP contribution in [0.4, 0.5) is 0 Å². The van der Waals surface area contributed by atoms with Crippen LogP contribution in [0.1, 0.15) is 33.3 Å². The maximum absolute atomic E-state index is 11.5. The molecule has 110 valence electrons. The molecule has 0 amide bonds. The van der Waals surface area contributed by atoms with Gasteiger partial charge in [-0.3, -0.25) is 0 Å².